The normalized spacial score (nSPS) is 15.6. The first kappa shape index (κ1) is 16.4. The third kappa shape index (κ3) is 4.52. The maximum absolute atomic E-state index is 11.9. The van der Waals surface area contributed by atoms with E-state index in [-0.39, 0.29) is 5.91 Å². The molecule has 0 aliphatic heterocycles. The van der Waals surface area contributed by atoms with Crippen molar-refractivity contribution in [1.82, 2.24) is 20.8 Å². The molecule has 1 saturated carbocycles. The van der Waals surface area contributed by atoms with E-state index in [1.54, 1.807) is 6.08 Å². The van der Waals surface area contributed by atoms with Gasteiger partial charge in [-0.2, -0.15) is 4.98 Å². The van der Waals surface area contributed by atoms with Gasteiger partial charge in [-0.05, 0) is 50.6 Å². The molecule has 1 heterocycles. The van der Waals surface area contributed by atoms with Gasteiger partial charge in [-0.15, -0.1) is 0 Å². The third-order valence-electron chi connectivity index (χ3n) is 3.97. The molecule has 1 aliphatic rings. The van der Waals surface area contributed by atoms with Gasteiger partial charge in [0.25, 0.3) is 11.8 Å². The maximum Gasteiger partial charge on any atom is 0.251 e. The molecule has 0 spiro atoms. The molecule has 6 heteroatoms. The number of amides is 1. The van der Waals surface area contributed by atoms with Gasteiger partial charge >= 0.3 is 0 Å². The molecule has 24 heavy (non-hydrogen) atoms. The standard InChI is InChI=1S/C18H22N4O2/c1-12(19-2)11-16-21-17(24-22-16)10-5-13-3-6-14(7-4-13)18(23)20-15-8-9-15/h3-7,10,12,15,19H,8-9,11H2,1-2H3,(H,20,23)/b10-5+. The lowest BCUT2D eigenvalue weighted by atomic mass is 10.1. The first-order chi connectivity index (χ1) is 11.6. The van der Waals surface area contributed by atoms with E-state index in [0.29, 0.717) is 29.4 Å². The lowest BCUT2D eigenvalue weighted by Gasteiger charge is -2.04. The van der Waals surface area contributed by atoms with Gasteiger partial charge in [-0.25, -0.2) is 0 Å². The summed E-state index contributed by atoms with van der Waals surface area (Å²) in [5.74, 6) is 1.15. The topological polar surface area (TPSA) is 80.0 Å². The molecule has 1 fully saturated rings. The van der Waals surface area contributed by atoms with Crippen LogP contribution in [-0.4, -0.2) is 35.2 Å². The summed E-state index contributed by atoms with van der Waals surface area (Å²) >= 11 is 0. The molecule has 0 bridgehead atoms. The Morgan fingerprint density at radius 3 is 2.75 bits per heavy atom. The number of nitrogens with zero attached hydrogens (tertiary/aromatic N) is 2. The monoisotopic (exact) mass is 326 g/mol. The molecule has 2 N–H and O–H groups in total. The largest absolute Gasteiger partial charge is 0.349 e. The minimum Gasteiger partial charge on any atom is -0.349 e. The lowest BCUT2D eigenvalue weighted by molar-refractivity contribution is 0.0951. The number of benzene rings is 1. The minimum absolute atomic E-state index is 0.00627. The average molecular weight is 326 g/mol. The Kier molecular flexibility index (Phi) is 5.05. The molecule has 1 amide bonds. The van der Waals surface area contributed by atoms with Crippen LogP contribution in [0.5, 0.6) is 0 Å². The van der Waals surface area contributed by atoms with Gasteiger partial charge in [0, 0.05) is 30.1 Å². The zero-order valence-corrected chi connectivity index (χ0v) is 14.0. The number of nitrogens with one attached hydrogen (secondary N) is 2. The van der Waals surface area contributed by atoms with Crippen molar-refractivity contribution >= 4 is 18.1 Å². The Morgan fingerprint density at radius 1 is 1.33 bits per heavy atom. The van der Waals surface area contributed by atoms with Crippen LogP contribution in [0.4, 0.5) is 0 Å². The van der Waals surface area contributed by atoms with E-state index in [4.69, 9.17) is 4.52 Å². The Morgan fingerprint density at radius 2 is 2.08 bits per heavy atom. The Labute approximate surface area is 141 Å². The highest BCUT2D eigenvalue weighted by Gasteiger charge is 2.23. The number of hydrogen-bond acceptors (Lipinski definition) is 5. The van der Waals surface area contributed by atoms with Crippen molar-refractivity contribution in [3.8, 4) is 0 Å². The third-order valence-corrected chi connectivity index (χ3v) is 3.97. The fraction of sp³-hybridized carbons (Fsp3) is 0.389. The van der Waals surface area contributed by atoms with E-state index < -0.39 is 0 Å². The summed E-state index contributed by atoms with van der Waals surface area (Å²) in [6.45, 7) is 2.06. The summed E-state index contributed by atoms with van der Waals surface area (Å²) in [5, 5.41) is 10.1. The van der Waals surface area contributed by atoms with Crippen molar-refractivity contribution in [3.05, 3.63) is 47.1 Å². The van der Waals surface area contributed by atoms with Crippen LogP contribution in [0.3, 0.4) is 0 Å². The molecule has 2 aromatic rings. The van der Waals surface area contributed by atoms with Crippen molar-refractivity contribution < 1.29 is 9.32 Å². The van der Waals surface area contributed by atoms with Gasteiger partial charge in [-0.1, -0.05) is 17.3 Å². The number of carbonyl (C=O) groups is 1. The molecule has 1 unspecified atom stereocenters. The molecule has 0 radical (unpaired) electrons. The van der Waals surface area contributed by atoms with E-state index in [0.717, 1.165) is 24.8 Å². The quantitative estimate of drug-likeness (QED) is 0.816. The Hall–Kier alpha value is -2.47. The van der Waals surface area contributed by atoms with Crippen LogP contribution in [0, 0.1) is 0 Å². The van der Waals surface area contributed by atoms with Gasteiger partial charge in [0.2, 0.25) is 0 Å². The van der Waals surface area contributed by atoms with Crippen molar-refractivity contribution in [2.24, 2.45) is 0 Å². The predicted octanol–water partition coefficient (Wildman–Crippen LogP) is 2.28. The minimum atomic E-state index is -0.00627. The van der Waals surface area contributed by atoms with Gasteiger partial charge in [0.15, 0.2) is 5.82 Å². The summed E-state index contributed by atoms with van der Waals surface area (Å²) < 4.78 is 5.20. The van der Waals surface area contributed by atoms with Gasteiger partial charge < -0.3 is 15.2 Å². The van der Waals surface area contributed by atoms with E-state index in [9.17, 15) is 4.79 Å². The number of aromatic nitrogens is 2. The van der Waals surface area contributed by atoms with Gasteiger partial charge in [0.1, 0.15) is 0 Å². The first-order valence-corrected chi connectivity index (χ1v) is 8.23. The van der Waals surface area contributed by atoms with Crippen molar-refractivity contribution in [3.63, 3.8) is 0 Å². The van der Waals surface area contributed by atoms with Gasteiger partial charge in [-0.3, -0.25) is 4.79 Å². The second kappa shape index (κ2) is 7.40. The molecule has 1 atom stereocenters. The van der Waals surface area contributed by atoms with Crippen LogP contribution in [-0.2, 0) is 6.42 Å². The Balaban J connectivity index is 1.58. The van der Waals surface area contributed by atoms with E-state index in [2.05, 4.69) is 27.7 Å². The maximum atomic E-state index is 11.9. The molecular formula is C18H22N4O2. The molecule has 3 rings (SSSR count). The fourth-order valence-electron chi connectivity index (χ4n) is 2.20. The number of likely N-dealkylation sites (N-methyl/N-ethyl adjacent to an activating group) is 1. The summed E-state index contributed by atoms with van der Waals surface area (Å²) in [5.41, 5.74) is 1.65. The number of rotatable bonds is 7. The Bertz CT molecular complexity index is 717. The highest BCUT2D eigenvalue weighted by Crippen LogP contribution is 2.19. The molecular weight excluding hydrogens is 304 g/mol. The number of carbonyl (C=O) groups excluding carboxylic acids is 1. The molecule has 1 aliphatic carbocycles. The zero-order chi connectivity index (χ0) is 16.9. The average Bonchev–Trinajstić information content (AvgIpc) is 3.30. The molecule has 126 valence electrons. The molecule has 1 aromatic heterocycles. The van der Waals surface area contributed by atoms with Crippen molar-refractivity contribution in [2.75, 3.05) is 7.05 Å². The van der Waals surface area contributed by atoms with E-state index >= 15 is 0 Å². The smallest absolute Gasteiger partial charge is 0.251 e. The van der Waals surface area contributed by atoms with Crippen LogP contribution in [0.25, 0.3) is 12.2 Å². The zero-order valence-electron chi connectivity index (χ0n) is 14.0. The second-order valence-corrected chi connectivity index (χ2v) is 6.15. The predicted molar refractivity (Wildman–Crippen MR) is 92.4 cm³/mol. The first-order valence-electron chi connectivity index (χ1n) is 8.23. The summed E-state index contributed by atoms with van der Waals surface area (Å²) in [6.07, 6.45) is 6.57. The highest BCUT2D eigenvalue weighted by molar-refractivity contribution is 5.94. The van der Waals surface area contributed by atoms with Crippen molar-refractivity contribution in [1.29, 1.82) is 0 Å². The SMILES string of the molecule is CNC(C)Cc1noc(/C=C/c2ccc(C(=O)NC3CC3)cc2)n1. The summed E-state index contributed by atoms with van der Waals surface area (Å²) in [4.78, 5) is 16.3. The lowest BCUT2D eigenvalue weighted by Crippen LogP contribution is -2.25. The van der Waals surface area contributed by atoms with Crippen LogP contribution >= 0.6 is 0 Å². The van der Waals surface area contributed by atoms with Gasteiger partial charge in [0.05, 0.1) is 0 Å². The number of hydrogen-bond donors (Lipinski definition) is 2. The summed E-state index contributed by atoms with van der Waals surface area (Å²) in [7, 11) is 1.90. The van der Waals surface area contributed by atoms with E-state index in [1.165, 1.54) is 0 Å². The van der Waals surface area contributed by atoms with Crippen molar-refractivity contribution in [2.45, 2.75) is 38.3 Å². The summed E-state index contributed by atoms with van der Waals surface area (Å²) in [6, 6.07) is 8.12. The fourth-order valence-corrected chi connectivity index (χ4v) is 2.20. The molecule has 1 aromatic carbocycles. The van der Waals surface area contributed by atoms with Crippen LogP contribution in [0.2, 0.25) is 0 Å². The van der Waals surface area contributed by atoms with Crippen LogP contribution in [0.15, 0.2) is 28.8 Å². The van der Waals surface area contributed by atoms with Crippen LogP contribution < -0.4 is 10.6 Å². The van der Waals surface area contributed by atoms with Crippen LogP contribution in [0.1, 0.15) is 47.4 Å². The van der Waals surface area contributed by atoms with E-state index in [1.807, 2.05) is 37.4 Å². The molecule has 0 saturated heterocycles. The second-order valence-electron chi connectivity index (χ2n) is 6.15. The highest BCUT2D eigenvalue weighted by atomic mass is 16.5. The molecule has 6 nitrogen and oxygen atoms in total.